The minimum atomic E-state index is -0.529. The van der Waals surface area contributed by atoms with Crippen LogP contribution in [0, 0.1) is 10.1 Å². The maximum absolute atomic E-state index is 11.8. The Balaban J connectivity index is 1.88. The summed E-state index contributed by atoms with van der Waals surface area (Å²) in [6.45, 7) is 1.44. The largest absolute Gasteiger partial charge is 0.343 e. The molecule has 0 saturated carbocycles. The predicted octanol–water partition coefficient (Wildman–Crippen LogP) is 0.947. The minimum Gasteiger partial charge on any atom is -0.343 e. The molecule has 20 heavy (non-hydrogen) atoms. The van der Waals surface area contributed by atoms with Crippen LogP contribution in [-0.4, -0.2) is 41.3 Å². The van der Waals surface area contributed by atoms with Crippen LogP contribution in [0.2, 0.25) is 0 Å². The Morgan fingerprint density at radius 2 is 1.80 bits per heavy atom. The van der Waals surface area contributed by atoms with Crippen LogP contribution >= 0.6 is 0 Å². The Kier molecular flexibility index (Phi) is 4.29. The van der Waals surface area contributed by atoms with Gasteiger partial charge in [-0.2, -0.15) is 0 Å². The molecular weight excluding hydrogens is 262 g/mol. The lowest BCUT2D eigenvalue weighted by molar-refractivity contribution is -0.384. The van der Waals surface area contributed by atoms with E-state index in [1.807, 2.05) is 0 Å². The number of nitrogens with zero attached hydrogens (tertiary/aromatic N) is 2. The van der Waals surface area contributed by atoms with E-state index in [1.54, 1.807) is 4.90 Å². The number of benzene rings is 1. The maximum Gasteiger partial charge on any atom is 0.269 e. The van der Waals surface area contributed by atoms with Crippen molar-refractivity contribution in [2.24, 2.45) is 0 Å². The quantitative estimate of drug-likeness (QED) is 0.655. The van der Waals surface area contributed by atoms with Crippen LogP contribution in [0.4, 0.5) is 5.69 Å². The molecule has 1 aliphatic rings. The van der Waals surface area contributed by atoms with Crippen LogP contribution in [0.3, 0.4) is 0 Å². The van der Waals surface area contributed by atoms with E-state index in [0.29, 0.717) is 5.56 Å². The van der Waals surface area contributed by atoms with E-state index in [9.17, 15) is 19.7 Å². The number of amides is 2. The van der Waals surface area contributed by atoms with E-state index in [1.165, 1.54) is 24.3 Å². The third-order valence-corrected chi connectivity index (χ3v) is 3.20. The van der Waals surface area contributed by atoms with Gasteiger partial charge in [0.15, 0.2) is 0 Å². The Labute approximate surface area is 115 Å². The molecule has 7 heteroatoms. The number of hydrogen-bond donors (Lipinski definition) is 1. The van der Waals surface area contributed by atoms with Crippen LogP contribution in [0.15, 0.2) is 24.3 Å². The van der Waals surface area contributed by atoms with Gasteiger partial charge in [-0.05, 0) is 25.0 Å². The smallest absolute Gasteiger partial charge is 0.269 e. The second-order valence-corrected chi connectivity index (χ2v) is 4.57. The number of nitro benzene ring substituents is 1. The van der Waals surface area contributed by atoms with Gasteiger partial charge in [0, 0.05) is 30.8 Å². The predicted molar refractivity (Wildman–Crippen MR) is 71.2 cm³/mol. The third kappa shape index (κ3) is 3.31. The van der Waals surface area contributed by atoms with Crippen LogP contribution in [0.5, 0.6) is 0 Å². The monoisotopic (exact) mass is 277 g/mol. The molecule has 1 aromatic carbocycles. The molecule has 0 aromatic heterocycles. The molecule has 7 nitrogen and oxygen atoms in total. The van der Waals surface area contributed by atoms with E-state index in [4.69, 9.17) is 0 Å². The van der Waals surface area contributed by atoms with Crippen molar-refractivity contribution in [1.82, 2.24) is 10.2 Å². The minimum absolute atomic E-state index is 0.0458. The molecule has 0 atom stereocenters. The topological polar surface area (TPSA) is 92.6 Å². The average Bonchev–Trinajstić information content (AvgIpc) is 2.98. The van der Waals surface area contributed by atoms with E-state index >= 15 is 0 Å². The fourth-order valence-electron chi connectivity index (χ4n) is 2.07. The second kappa shape index (κ2) is 6.14. The first-order valence-corrected chi connectivity index (χ1v) is 6.38. The summed E-state index contributed by atoms with van der Waals surface area (Å²) < 4.78 is 0. The summed E-state index contributed by atoms with van der Waals surface area (Å²) in [5.41, 5.74) is 0.222. The molecule has 1 N–H and O–H groups in total. The summed E-state index contributed by atoms with van der Waals surface area (Å²) in [6, 6.07) is 5.26. The molecule has 1 aliphatic heterocycles. The molecule has 106 valence electrons. The van der Waals surface area contributed by atoms with E-state index in [-0.39, 0.29) is 18.1 Å². The first kappa shape index (κ1) is 14.0. The van der Waals surface area contributed by atoms with Gasteiger partial charge < -0.3 is 10.2 Å². The highest BCUT2D eigenvalue weighted by atomic mass is 16.6. The first-order chi connectivity index (χ1) is 9.58. The van der Waals surface area contributed by atoms with Crippen molar-refractivity contribution in [2.75, 3.05) is 19.6 Å². The highest BCUT2D eigenvalue weighted by Gasteiger charge is 2.18. The lowest BCUT2D eigenvalue weighted by Gasteiger charge is -2.15. The molecule has 1 aromatic rings. The van der Waals surface area contributed by atoms with E-state index in [2.05, 4.69) is 5.32 Å². The number of rotatable bonds is 4. The number of nitrogens with one attached hydrogen (secondary N) is 1. The molecule has 1 heterocycles. The number of likely N-dealkylation sites (tertiary alicyclic amines) is 1. The zero-order valence-corrected chi connectivity index (χ0v) is 10.9. The van der Waals surface area contributed by atoms with Gasteiger partial charge in [-0.1, -0.05) is 0 Å². The van der Waals surface area contributed by atoms with Gasteiger partial charge in [0.05, 0.1) is 11.5 Å². The lowest BCUT2D eigenvalue weighted by atomic mass is 10.2. The number of non-ortho nitro benzene ring substituents is 1. The Morgan fingerprint density at radius 1 is 1.20 bits per heavy atom. The van der Waals surface area contributed by atoms with Gasteiger partial charge in [-0.15, -0.1) is 0 Å². The first-order valence-electron chi connectivity index (χ1n) is 6.38. The highest BCUT2D eigenvalue weighted by Crippen LogP contribution is 2.12. The van der Waals surface area contributed by atoms with Gasteiger partial charge in [0.2, 0.25) is 5.91 Å². The molecule has 2 rings (SSSR count). The van der Waals surface area contributed by atoms with Crippen LogP contribution in [-0.2, 0) is 4.79 Å². The van der Waals surface area contributed by atoms with Gasteiger partial charge in [-0.25, -0.2) is 0 Å². The number of hydrogen-bond acceptors (Lipinski definition) is 4. The van der Waals surface area contributed by atoms with E-state index < -0.39 is 10.8 Å². The summed E-state index contributed by atoms with van der Waals surface area (Å²) in [5.74, 6) is -0.509. The van der Waals surface area contributed by atoms with Crippen molar-refractivity contribution in [2.45, 2.75) is 12.8 Å². The van der Waals surface area contributed by atoms with Crippen LogP contribution in [0.25, 0.3) is 0 Å². The van der Waals surface area contributed by atoms with Crippen molar-refractivity contribution < 1.29 is 14.5 Å². The molecule has 0 bridgehead atoms. The fourth-order valence-corrected chi connectivity index (χ4v) is 2.07. The van der Waals surface area contributed by atoms with Crippen molar-refractivity contribution >= 4 is 17.5 Å². The normalized spacial score (nSPS) is 14.1. The number of nitro groups is 1. The van der Waals surface area contributed by atoms with Gasteiger partial charge >= 0.3 is 0 Å². The third-order valence-electron chi connectivity index (χ3n) is 3.20. The molecule has 2 amide bonds. The highest BCUT2D eigenvalue weighted by molar-refractivity contribution is 5.96. The van der Waals surface area contributed by atoms with Crippen LogP contribution in [0.1, 0.15) is 23.2 Å². The van der Waals surface area contributed by atoms with Crippen molar-refractivity contribution in [3.05, 3.63) is 39.9 Å². The fraction of sp³-hybridized carbons (Fsp3) is 0.385. The average molecular weight is 277 g/mol. The van der Waals surface area contributed by atoms with Crippen molar-refractivity contribution in [3.8, 4) is 0 Å². The molecule has 0 unspecified atom stereocenters. The zero-order valence-electron chi connectivity index (χ0n) is 10.9. The number of carbonyl (C=O) groups excluding carboxylic acids is 2. The second-order valence-electron chi connectivity index (χ2n) is 4.57. The lowest BCUT2D eigenvalue weighted by Crippen LogP contribution is -2.38. The maximum atomic E-state index is 11.8. The molecule has 0 radical (unpaired) electrons. The summed E-state index contributed by atoms with van der Waals surface area (Å²) in [5, 5.41) is 13.0. The summed E-state index contributed by atoms with van der Waals surface area (Å²) in [6.07, 6.45) is 2.00. The van der Waals surface area contributed by atoms with Gasteiger partial charge in [-0.3, -0.25) is 19.7 Å². The molecule has 1 fully saturated rings. The van der Waals surface area contributed by atoms with Crippen LogP contribution < -0.4 is 5.32 Å². The van der Waals surface area contributed by atoms with Crippen molar-refractivity contribution in [1.29, 1.82) is 0 Å². The Bertz CT molecular complexity index is 521. The summed E-state index contributed by atoms with van der Waals surface area (Å²) in [4.78, 5) is 35.2. The standard InChI is InChI=1S/C13H15N3O4/c17-12(15-7-1-2-8-15)9-14-13(18)10-3-5-11(6-4-10)16(19)20/h3-6H,1-2,7-9H2,(H,14,18). The summed E-state index contributed by atoms with van der Waals surface area (Å²) in [7, 11) is 0. The Hall–Kier alpha value is -2.44. The SMILES string of the molecule is O=C(NCC(=O)N1CCCC1)c1ccc([N+](=O)[O-])cc1. The number of carbonyl (C=O) groups is 2. The van der Waals surface area contributed by atoms with E-state index in [0.717, 1.165) is 25.9 Å². The van der Waals surface area contributed by atoms with Gasteiger partial charge in [0.1, 0.15) is 0 Å². The molecule has 1 saturated heterocycles. The zero-order chi connectivity index (χ0) is 14.5. The molecular formula is C13H15N3O4. The Morgan fingerprint density at radius 3 is 2.35 bits per heavy atom. The van der Waals surface area contributed by atoms with Crippen molar-refractivity contribution in [3.63, 3.8) is 0 Å². The van der Waals surface area contributed by atoms with Gasteiger partial charge in [0.25, 0.3) is 11.6 Å². The molecule has 0 aliphatic carbocycles. The molecule has 0 spiro atoms. The summed E-state index contributed by atoms with van der Waals surface area (Å²) >= 11 is 0.